The van der Waals surface area contributed by atoms with E-state index in [1.54, 1.807) is 38.3 Å². The first-order chi connectivity index (χ1) is 19.4. The van der Waals surface area contributed by atoms with Crippen LogP contribution in [0.3, 0.4) is 0 Å². The number of alkyl halides is 5. The first-order valence-corrected chi connectivity index (χ1v) is 12.8. The van der Waals surface area contributed by atoms with Crippen LogP contribution in [0.1, 0.15) is 43.4 Å². The minimum atomic E-state index is -4.54. The minimum Gasteiger partial charge on any atom is -0.468 e. The van der Waals surface area contributed by atoms with Gasteiger partial charge in [-0.15, -0.1) is 0 Å². The Hall–Kier alpha value is -4.28. The lowest BCUT2D eigenvalue weighted by Gasteiger charge is -2.16. The molecule has 0 radical (unpaired) electrons. The van der Waals surface area contributed by atoms with E-state index in [-0.39, 0.29) is 17.2 Å². The quantitative estimate of drug-likeness (QED) is 0.132. The molecule has 0 unspecified atom stereocenters. The van der Waals surface area contributed by atoms with Crippen LogP contribution in [0.4, 0.5) is 27.6 Å². The number of benzene rings is 2. The molecule has 2 aromatic carbocycles. The highest BCUT2D eigenvalue weighted by atomic mass is 19.4. The van der Waals surface area contributed by atoms with Gasteiger partial charge in [0.05, 0.1) is 11.3 Å². The third-order valence-corrected chi connectivity index (χ3v) is 5.84. The van der Waals surface area contributed by atoms with Gasteiger partial charge in [-0.25, -0.2) is 4.99 Å². The smallest absolute Gasteiger partial charge is 0.422 e. The average molecular weight is 576 g/mol. The Bertz CT molecular complexity index is 1490. The van der Waals surface area contributed by atoms with Gasteiger partial charge in [0.1, 0.15) is 5.75 Å². The topological polar surface area (TPSA) is 65.2 Å². The molecule has 218 valence electrons. The molecular formula is C30H30F5N3O3. The van der Waals surface area contributed by atoms with Gasteiger partial charge in [0.25, 0.3) is 5.56 Å². The van der Waals surface area contributed by atoms with E-state index in [4.69, 9.17) is 4.74 Å². The summed E-state index contributed by atoms with van der Waals surface area (Å²) in [5, 5.41) is 0. The first kappa shape index (κ1) is 31.3. The maximum Gasteiger partial charge on any atom is 0.422 e. The van der Waals surface area contributed by atoms with Crippen LogP contribution in [0.2, 0.25) is 0 Å². The van der Waals surface area contributed by atoms with Crippen LogP contribution in [-0.2, 0) is 4.74 Å². The normalized spacial score (nSPS) is 12.6. The van der Waals surface area contributed by atoms with Gasteiger partial charge in [-0.1, -0.05) is 26.0 Å². The standard InChI is InChI=1S/C30H30F5N3O3/c1-5-7-26(40-18-30(33,34)35)37-16-22-17-38(23-10-13-25(19(3)15-23)36-14-6-2)28(39)27(20(22)4)21-8-11-24(12-9-21)41-29(31)32/h7-17,29H,5-6,18H2,1-4H3/b26-7-,36-14-,37-16-. The summed E-state index contributed by atoms with van der Waals surface area (Å²) >= 11 is 0. The van der Waals surface area contributed by atoms with E-state index in [0.717, 1.165) is 17.7 Å². The van der Waals surface area contributed by atoms with Crippen molar-refractivity contribution in [1.29, 1.82) is 0 Å². The third kappa shape index (κ3) is 8.60. The van der Waals surface area contributed by atoms with Gasteiger partial charge in [0.2, 0.25) is 5.88 Å². The SMILES string of the molecule is CC/C=N\c1ccc(-n2cc(/C=N\C(=C\CC)OCC(F)(F)F)c(C)c(-c3ccc(OC(F)F)cc3)c2=O)cc1C. The number of halogens is 5. The van der Waals surface area contributed by atoms with Crippen LogP contribution in [0.5, 0.6) is 5.75 Å². The van der Waals surface area contributed by atoms with Crippen molar-refractivity contribution in [2.24, 2.45) is 9.98 Å². The molecule has 0 bridgehead atoms. The van der Waals surface area contributed by atoms with Crippen LogP contribution >= 0.6 is 0 Å². The molecule has 3 rings (SSSR count). The molecule has 0 aliphatic rings. The maximum atomic E-state index is 13.8. The van der Waals surface area contributed by atoms with E-state index < -0.39 is 25.0 Å². The molecule has 0 N–H and O–H groups in total. The number of ether oxygens (including phenoxy) is 2. The van der Waals surface area contributed by atoms with Crippen molar-refractivity contribution in [2.45, 2.75) is 53.3 Å². The van der Waals surface area contributed by atoms with E-state index in [2.05, 4.69) is 14.7 Å². The Morgan fingerprint density at radius 1 is 1.05 bits per heavy atom. The molecular weight excluding hydrogens is 545 g/mol. The van der Waals surface area contributed by atoms with Crippen LogP contribution < -0.4 is 10.3 Å². The molecule has 0 saturated heterocycles. The minimum absolute atomic E-state index is 0.0746. The van der Waals surface area contributed by atoms with E-state index in [9.17, 15) is 26.7 Å². The number of nitrogens with zero attached hydrogens (tertiary/aromatic N) is 3. The first-order valence-electron chi connectivity index (χ1n) is 12.8. The van der Waals surface area contributed by atoms with Crippen molar-refractivity contribution < 1.29 is 31.4 Å². The zero-order chi connectivity index (χ0) is 30.2. The molecule has 0 aliphatic carbocycles. The molecule has 0 amide bonds. The molecule has 6 nitrogen and oxygen atoms in total. The second-order valence-electron chi connectivity index (χ2n) is 8.97. The summed E-state index contributed by atoms with van der Waals surface area (Å²) in [6.07, 6.45) is 2.65. The van der Waals surface area contributed by atoms with E-state index in [1.807, 2.05) is 13.8 Å². The van der Waals surface area contributed by atoms with Crippen LogP contribution in [0.25, 0.3) is 16.8 Å². The Morgan fingerprint density at radius 3 is 2.34 bits per heavy atom. The van der Waals surface area contributed by atoms with Gasteiger partial charge in [-0.2, -0.15) is 22.0 Å². The third-order valence-electron chi connectivity index (χ3n) is 5.84. The summed E-state index contributed by atoms with van der Waals surface area (Å²) in [4.78, 5) is 22.3. The molecule has 41 heavy (non-hydrogen) atoms. The number of allylic oxidation sites excluding steroid dienone is 1. The molecule has 0 atom stereocenters. The van der Waals surface area contributed by atoms with Crippen molar-refractivity contribution in [3.05, 3.63) is 87.7 Å². The fourth-order valence-corrected chi connectivity index (χ4v) is 3.92. The van der Waals surface area contributed by atoms with Gasteiger partial charge in [-0.3, -0.25) is 14.4 Å². The number of hydrogen-bond donors (Lipinski definition) is 0. The number of pyridine rings is 1. The number of rotatable bonds is 11. The molecule has 0 saturated carbocycles. The summed E-state index contributed by atoms with van der Waals surface area (Å²) in [5.41, 5.74) is 3.26. The molecule has 1 heterocycles. The predicted molar refractivity (Wildman–Crippen MR) is 150 cm³/mol. The molecule has 3 aromatic rings. The average Bonchev–Trinajstić information content (AvgIpc) is 2.90. The summed E-state index contributed by atoms with van der Waals surface area (Å²) in [6.45, 7) is 2.71. The lowest BCUT2D eigenvalue weighted by Crippen LogP contribution is -2.22. The van der Waals surface area contributed by atoms with Crippen molar-refractivity contribution in [3.63, 3.8) is 0 Å². The van der Waals surface area contributed by atoms with Gasteiger partial charge >= 0.3 is 12.8 Å². The Kier molecular flexibility index (Phi) is 10.6. The van der Waals surface area contributed by atoms with Crippen LogP contribution in [-0.4, -0.2) is 36.4 Å². The second kappa shape index (κ2) is 13.9. The summed E-state index contributed by atoms with van der Waals surface area (Å²) in [6, 6.07) is 10.9. The van der Waals surface area contributed by atoms with Crippen molar-refractivity contribution in [3.8, 4) is 22.6 Å². The summed E-state index contributed by atoms with van der Waals surface area (Å²) < 4.78 is 74.2. The zero-order valence-corrected chi connectivity index (χ0v) is 23.0. The summed E-state index contributed by atoms with van der Waals surface area (Å²) in [5.74, 6) is -0.291. The molecule has 0 spiro atoms. The monoisotopic (exact) mass is 575 g/mol. The number of aromatic nitrogens is 1. The molecule has 0 fully saturated rings. The largest absolute Gasteiger partial charge is 0.468 e. The Labute approximate surface area is 234 Å². The molecule has 0 aliphatic heterocycles. The van der Waals surface area contributed by atoms with E-state index >= 15 is 0 Å². The fourth-order valence-electron chi connectivity index (χ4n) is 3.92. The van der Waals surface area contributed by atoms with Gasteiger partial charge < -0.3 is 9.47 Å². The highest BCUT2D eigenvalue weighted by Crippen LogP contribution is 2.27. The Balaban J connectivity index is 2.18. The van der Waals surface area contributed by atoms with Gasteiger partial charge in [0, 0.05) is 29.9 Å². The molecule has 11 heteroatoms. The van der Waals surface area contributed by atoms with Crippen molar-refractivity contribution in [1.82, 2.24) is 4.57 Å². The number of hydrogen-bond acceptors (Lipinski definition) is 5. The fraction of sp³-hybridized carbons (Fsp3) is 0.300. The number of aliphatic imine (C=N–C) groups is 2. The number of aryl methyl sites for hydroxylation is 1. The summed E-state index contributed by atoms with van der Waals surface area (Å²) in [7, 11) is 0. The van der Waals surface area contributed by atoms with Gasteiger partial charge in [0.15, 0.2) is 6.61 Å². The lowest BCUT2D eigenvalue weighted by atomic mass is 9.98. The van der Waals surface area contributed by atoms with Crippen LogP contribution in [0.15, 0.2) is 75.4 Å². The van der Waals surface area contributed by atoms with E-state index in [1.165, 1.54) is 47.3 Å². The Morgan fingerprint density at radius 2 is 1.76 bits per heavy atom. The van der Waals surface area contributed by atoms with Gasteiger partial charge in [-0.05, 0) is 79.8 Å². The predicted octanol–water partition coefficient (Wildman–Crippen LogP) is 8.08. The van der Waals surface area contributed by atoms with E-state index in [0.29, 0.717) is 28.8 Å². The maximum absolute atomic E-state index is 13.8. The lowest BCUT2D eigenvalue weighted by molar-refractivity contribution is -0.165. The van der Waals surface area contributed by atoms with Crippen molar-refractivity contribution >= 4 is 18.1 Å². The van der Waals surface area contributed by atoms with Crippen molar-refractivity contribution in [2.75, 3.05) is 6.61 Å². The highest BCUT2D eigenvalue weighted by Gasteiger charge is 2.28. The zero-order valence-electron chi connectivity index (χ0n) is 23.0. The van der Waals surface area contributed by atoms with Crippen LogP contribution in [0, 0.1) is 13.8 Å². The molecule has 1 aromatic heterocycles. The highest BCUT2D eigenvalue weighted by molar-refractivity contribution is 5.86. The second-order valence-corrected chi connectivity index (χ2v) is 8.97.